The molecule has 1 aromatic heterocycles. The molecule has 0 saturated heterocycles. The number of nitrogens with one attached hydrogen (secondary N) is 1. The van der Waals surface area contributed by atoms with Gasteiger partial charge in [0.25, 0.3) is 5.91 Å². The molecule has 94 valence electrons. The number of nitrogens with zero attached hydrogens (tertiary/aromatic N) is 1. The number of oxazole rings is 1. The van der Waals surface area contributed by atoms with E-state index in [4.69, 9.17) is 16.0 Å². The van der Waals surface area contributed by atoms with E-state index in [-0.39, 0.29) is 12.5 Å². The molecule has 6 heteroatoms. The molecule has 0 aliphatic carbocycles. The van der Waals surface area contributed by atoms with Crippen molar-refractivity contribution in [1.82, 2.24) is 10.3 Å². The summed E-state index contributed by atoms with van der Waals surface area (Å²) in [5.74, 6) is 0.991. The van der Waals surface area contributed by atoms with Crippen LogP contribution in [0.2, 0.25) is 5.02 Å². The molecule has 2 rings (SSSR count). The number of benzene rings is 1. The number of halogens is 2. The fraction of sp³-hybridized carbons (Fsp3) is 0.167. The van der Waals surface area contributed by atoms with Gasteiger partial charge < -0.3 is 9.73 Å². The summed E-state index contributed by atoms with van der Waals surface area (Å²) in [4.78, 5) is 15.8. The third-order valence-corrected chi connectivity index (χ3v) is 3.47. The van der Waals surface area contributed by atoms with Crippen molar-refractivity contribution in [2.24, 2.45) is 0 Å². The van der Waals surface area contributed by atoms with E-state index in [1.54, 1.807) is 31.3 Å². The predicted molar refractivity (Wildman–Crippen MR) is 71.6 cm³/mol. The lowest BCUT2D eigenvalue weighted by Crippen LogP contribution is -2.22. The Bertz CT molecular complexity index is 583. The summed E-state index contributed by atoms with van der Waals surface area (Å²) in [6.45, 7) is 2.06. The molecule has 0 unspecified atom stereocenters. The van der Waals surface area contributed by atoms with Gasteiger partial charge in [0.2, 0.25) is 5.89 Å². The van der Waals surface area contributed by atoms with Crippen molar-refractivity contribution in [3.05, 3.63) is 51.1 Å². The quantitative estimate of drug-likeness (QED) is 0.939. The minimum absolute atomic E-state index is 0.205. The molecule has 0 aliphatic heterocycles. The highest BCUT2D eigenvalue weighted by atomic mass is 79.9. The molecule has 18 heavy (non-hydrogen) atoms. The molecular formula is C12H10BrClN2O2. The zero-order valence-electron chi connectivity index (χ0n) is 9.54. The lowest BCUT2D eigenvalue weighted by Gasteiger charge is -2.04. The van der Waals surface area contributed by atoms with E-state index in [2.05, 4.69) is 26.2 Å². The minimum Gasteiger partial charge on any atom is -0.444 e. The van der Waals surface area contributed by atoms with Crippen LogP contribution >= 0.6 is 27.5 Å². The molecule has 0 saturated carbocycles. The van der Waals surface area contributed by atoms with Gasteiger partial charge in [0, 0.05) is 10.0 Å². The Hall–Kier alpha value is -1.33. The molecule has 0 bridgehead atoms. The zero-order valence-corrected chi connectivity index (χ0v) is 11.9. The molecule has 4 nitrogen and oxygen atoms in total. The van der Waals surface area contributed by atoms with E-state index in [0.29, 0.717) is 26.7 Å². The predicted octanol–water partition coefficient (Wildman–Crippen LogP) is 3.33. The Labute approximate surface area is 117 Å². The van der Waals surface area contributed by atoms with Gasteiger partial charge in [-0.1, -0.05) is 11.6 Å². The summed E-state index contributed by atoms with van der Waals surface area (Å²) in [6.07, 6.45) is 1.61. The Morgan fingerprint density at radius 1 is 1.56 bits per heavy atom. The topological polar surface area (TPSA) is 55.1 Å². The number of hydrogen-bond donors (Lipinski definition) is 1. The Balaban J connectivity index is 2.01. The average molecular weight is 330 g/mol. The molecule has 0 spiro atoms. The van der Waals surface area contributed by atoms with E-state index < -0.39 is 0 Å². The molecule has 1 aromatic carbocycles. The van der Waals surface area contributed by atoms with Crippen LogP contribution in [0.5, 0.6) is 0 Å². The maximum atomic E-state index is 11.8. The van der Waals surface area contributed by atoms with Crippen LogP contribution in [-0.2, 0) is 6.54 Å². The van der Waals surface area contributed by atoms with Crippen LogP contribution in [0.15, 0.2) is 33.3 Å². The van der Waals surface area contributed by atoms with E-state index in [1.165, 1.54) is 0 Å². The third-order valence-electron chi connectivity index (χ3n) is 2.25. The summed E-state index contributed by atoms with van der Waals surface area (Å²) in [5.41, 5.74) is 0.523. The first-order valence-electron chi connectivity index (χ1n) is 5.21. The number of hydrogen-bond acceptors (Lipinski definition) is 3. The van der Waals surface area contributed by atoms with Crippen molar-refractivity contribution >= 4 is 33.4 Å². The monoisotopic (exact) mass is 328 g/mol. The molecule has 1 N–H and O–H groups in total. The van der Waals surface area contributed by atoms with Crippen molar-refractivity contribution in [3.8, 4) is 0 Å². The van der Waals surface area contributed by atoms with Crippen molar-refractivity contribution in [2.45, 2.75) is 13.5 Å². The number of aromatic nitrogens is 1. The second kappa shape index (κ2) is 5.54. The van der Waals surface area contributed by atoms with Gasteiger partial charge in [-0.3, -0.25) is 4.79 Å². The number of carbonyl (C=O) groups is 1. The van der Waals surface area contributed by atoms with Crippen LogP contribution in [-0.4, -0.2) is 10.9 Å². The van der Waals surface area contributed by atoms with E-state index in [9.17, 15) is 4.79 Å². The van der Waals surface area contributed by atoms with Gasteiger partial charge >= 0.3 is 0 Å². The normalized spacial score (nSPS) is 10.4. The highest BCUT2D eigenvalue weighted by Gasteiger charge is 2.09. The van der Waals surface area contributed by atoms with Gasteiger partial charge in [-0.15, -0.1) is 0 Å². The number of amides is 1. The van der Waals surface area contributed by atoms with E-state index in [1.807, 2.05) is 0 Å². The fourth-order valence-corrected chi connectivity index (χ4v) is 1.87. The van der Waals surface area contributed by atoms with Crippen LogP contribution in [0.4, 0.5) is 0 Å². The van der Waals surface area contributed by atoms with Crippen molar-refractivity contribution in [3.63, 3.8) is 0 Å². The SMILES string of the molecule is Cc1cnc(CNC(=O)c2ccc(Cl)c(Br)c2)o1. The second-order valence-electron chi connectivity index (χ2n) is 3.68. The van der Waals surface area contributed by atoms with Gasteiger partial charge in [-0.25, -0.2) is 4.98 Å². The fourth-order valence-electron chi connectivity index (χ4n) is 1.38. The zero-order chi connectivity index (χ0) is 13.1. The summed E-state index contributed by atoms with van der Waals surface area (Å²) < 4.78 is 5.94. The van der Waals surface area contributed by atoms with Gasteiger partial charge in [0.05, 0.1) is 17.8 Å². The Morgan fingerprint density at radius 2 is 2.33 bits per heavy atom. The molecular weight excluding hydrogens is 320 g/mol. The molecule has 1 heterocycles. The lowest BCUT2D eigenvalue weighted by atomic mass is 10.2. The second-order valence-corrected chi connectivity index (χ2v) is 4.94. The maximum absolute atomic E-state index is 11.8. The first-order chi connectivity index (χ1) is 8.56. The molecule has 0 radical (unpaired) electrons. The van der Waals surface area contributed by atoms with Gasteiger partial charge in [0.1, 0.15) is 5.76 Å². The number of aryl methyl sites for hydroxylation is 1. The Kier molecular flexibility index (Phi) is 4.04. The van der Waals surface area contributed by atoms with Crippen LogP contribution in [0.1, 0.15) is 22.0 Å². The average Bonchev–Trinajstić information content (AvgIpc) is 2.75. The smallest absolute Gasteiger partial charge is 0.251 e. The third kappa shape index (κ3) is 3.11. The van der Waals surface area contributed by atoms with Crippen LogP contribution < -0.4 is 5.32 Å². The van der Waals surface area contributed by atoms with Gasteiger partial charge in [0.15, 0.2) is 0 Å². The van der Waals surface area contributed by atoms with E-state index >= 15 is 0 Å². The molecule has 1 amide bonds. The first-order valence-corrected chi connectivity index (χ1v) is 6.38. The number of carbonyl (C=O) groups excluding carboxylic acids is 1. The van der Waals surface area contributed by atoms with Crippen molar-refractivity contribution < 1.29 is 9.21 Å². The summed E-state index contributed by atoms with van der Waals surface area (Å²) in [6, 6.07) is 4.98. The summed E-state index contributed by atoms with van der Waals surface area (Å²) >= 11 is 9.13. The Morgan fingerprint density at radius 3 is 2.94 bits per heavy atom. The largest absolute Gasteiger partial charge is 0.444 e. The maximum Gasteiger partial charge on any atom is 0.251 e. The highest BCUT2D eigenvalue weighted by Crippen LogP contribution is 2.23. The summed E-state index contributed by atoms with van der Waals surface area (Å²) in [5, 5.41) is 3.28. The van der Waals surface area contributed by atoms with Crippen LogP contribution in [0, 0.1) is 6.92 Å². The highest BCUT2D eigenvalue weighted by molar-refractivity contribution is 9.10. The van der Waals surface area contributed by atoms with Crippen LogP contribution in [0.25, 0.3) is 0 Å². The standard InChI is InChI=1S/C12H10BrClN2O2/c1-7-5-15-11(18-7)6-16-12(17)8-2-3-10(14)9(13)4-8/h2-5H,6H2,1H3,(H,16,17). The lowest BCUT2D eigenvalue weighted by molar-refractivity contribution is 0.0947. The molecule has 0 fully saturated rings. The van der Waals surface area contributed by atoms with Crippen molar-refractivity contribution in [2.75, 3.05) is 0 Å². The first kappa shape index (κ1) is 13.1. The molecule has 0 atom stereocenters. The van der Waals surface area contributed by atoms with Gasteiger partial charge in [-0.2, -0.15) is 0 Å². The molecule has 0 aliphatic rings. The summed E-state index contributed by atoms with van der Waals surface area (Å²) in [7, 11) is 0. The minimum atomic E-state index is -0.205. The van der Waals surface area contributed by atoms with E-state index in [0.717, 1.165) is 0 Å². The number of rotatable bonds is 3. The molecule has 2 aromatic rings. The van der Waals surface area contributed by atoms with Crippen molar-refractivity contribution in [1.29, 1.82) is 0 Å². The van der Waals surface area contributed by atoms with Gasteiger partial charge in [-0.05, 0) is 41.1 Å². The van der Waals surface area contributed by atoms with Crippen LogP contribution in [0.3, 0.4) is 0 Å².